The molecule has 0 saturated carbocycles. The van der Waals surface area contributed by atoms with Crippen LogP contribution < -0.4 is 15.1 Å². The highest BCUT2D eigenvalue weighted by Gasteiger charge is 2.42. The maximum atomic E-state index is 14.1. The Hall–Kier alpha value is -2.96. The van der Waals surface area contributed by atoms with Gasteiger partial charge in [-0.25, -0.2) is 4.39 Å². The summed E-state index contributed by atoms with van der Waals surface area (Å²) < 4.78 is 14.1. The zero-order chi connectivity index (χ0) is 25.1. The minimum Gasteiger partial charge on any atom is -0.365 e. The Kier molecular flexibility index (Phi) is 5.85. The van der Waals surface area contributed by atoms with Crippen LogP contribution in [0.1, 0.15) is 55.2 Å². The Morgan fingerprint density at radius 3 is 2.57 bits per heavy atom. The van der Waals surface area contributed by atoms with Gasteiger partial charge < -0.3 is 15.1 Å². The number of halogens is 2. The van der Waals surface area contributed by atoms with Gasteiger partial charge >= 0.3 is 0 Å². The van der Waals surface area contributed by atoms with Crippen LogP contribution in [0, 0.1) is 12.7 Å². The summed E-state index contributed by atoms with van der Waals surface area (Å²) in [6.07, 6.45) is 4.06. The van der Waals surface area contributed by atoms with Gasteiger partial charge in [0.2, 0.25) is 0 Å². The van der Waals surface area contributed by atoms with Gasteiger partial charge in [0.25, 0.3) is 0 Å². The first-order chi connectivity index (χ1) is 16.6. The smallest absolute Gasteiger partial charge is 0.174 e. The van der Waals surface area contributed by atoms with Crippen molar-refractivity contribution in [3.05, 3.63) is 94.0 Å². The molecule has 4 nitrogen and oxygen atoms in total. The average Bonchev–Trinajstić information content (AvgIpc) is 3.16. The van der Waals surface area contributed by atoms with E-state index in [-0.39, 0.29) is 23.4 Å². The number of aryl methyl sites for hydroxylation is 1. The molecule has 2 aromatic carbocycles. The number of nitrogens with one attached hydrogen (secondary N) is 1. The minimum absolute atomic E-state index is 0.118. The molecule has 180 valence electrons. The first kappa shape index (κ1) is 23.8. The van der Waals surface area contributed by atoms with Crippen LogP contribution in [-0.2, 0) is 0 Å². The van der Waals surface area contributed by atoms with E-state index in [0.717, 1.165) is 28.2 Å². The van der Waals surface area contributed by atoms with Gasteiger partial charge in [-0.15, -0.1) is 0 Å². The molecule has 0 spiro atoms. The number of benzene rings is 2. The lowest BCUT2D eigenvalue weighted by Crippen LogP contribution is -2.42. The highest BCUT2D eigenvalue weighted by Crippen LogP contribution is 2.48. The molecule has 7 heteroatoms. The van der Waals surface area contributed by atoms with Crippen LogP contribution in [0.4, 0.5) is 15.8 Å². The van der Waals surface area contributed by atoms with Crippen LogP contribution in [-0.4, -0.2) is 22.7 Å². The van der Waals surface area contributed by atoms with Crippen molar-refractivity contribution in [2.45, 2.75) is 45.3 Å². The summed E-state index contributed by atoms with van der Waals surface area (Å²) in [7, 11) is 2.09. The molecule has 2 atom stereocenters. The van der Waals surface area contributed by atoms with E-state index in [4.69, 9.17) is 23.8 Å². The summed E-state index contributed by atoms with van der Waals surface area (Å²) in [5.74, 6) is -0.247. The van der Waals surface area contributed by atoms with Gasteiger partial charge in [0.05, 0.1) is 23.3 Å². The van der Waals surface area contributed by atoms with E-state index >= 15 is 0 Å². The summed E-state index contributed by atoms with van der Waals surface area (Å²) >= 11 is 12.9. The number of allylic oxidation sites excluding steroid dienone is 1. The normalized spacial score (nSPS) is 21.0. The molecule has 5 rings (SSSR count). The Bertz CT molecular complexity index is 1350. The first-order valence-electron chi connectivity index (χ1n) is 11.6. The highest BCUT2D eigenvalue weighted by molar-refractivity contribution is 7.80. The second-order valence-corrected chi connectivity index (χ2v) is 10.7. The lowest BCUT2D eigenvalue weighted by Gasteiger charge is -2.41. The van der Waals surface area contributed by atoms with Crippen LogP contribution in [0.2, 0.25) is 5.02 Å². The molecule has 2 unspecified atom stereocenters. The number of thiocarbonyl (C=S) groups is 1. The lowest BCUT2D eigenvalue weighted by atomic mass is 9.86. The van der Waals surface area contributed by atoms with Crippen molar-refractivity contribution in [1.82, 2.24) is 10.3 Å². The standard InChI is InChI=1S/C28H28ClFN4S/c1-16-12-18(9-10-22(16)30)34-26(25(32-27(34)35)23-8-6-7-11-31-23)20-13-19-17(2)15-28(3,4)33(5)24(19)14-21(20)29/h6-15,25-26H,1-5H3,(H,32,35). The van der Waals surface area contributed by atoms with Crippen molar-refractivity contribution in [2.75, 3.05) is 16.8 Å². The molecule has 1 saturated heterocycles. The number of fused-ring (bicyclic) bond motifs is 1. The van der Waals surface area contributed by atoms with Crippen molar-refractivity contribution in [1.29, 1.82) is 0 Å². The number of nitrogens with zero attached hydrogens (tertiary/aromatic N) is 3. The van der Waals surface area contributed by atoms with Gasteiger partial charge in [-0.2, -0.15) is 0 Å². The van der Waals surface area contributed by atoms with Crippen molar-refractivity contribution < 1.29 is 4.39 Å². The number of rotatable bonds is 3. The Morgan fingerprint density at radius 1 is 1.11 bits per heavy atom. The molecule has 35 heavy (non-hydrogen) atoms. The van der Waals surface area contributed by atoms with Gasteiger partial charge in [0, 0.05) is 35.2 Å². The van der Waals surface area contributed by atoms with Gasteiger partial charge in [0.15, 0.2) is 5.11 Å². The van der Waals surface area contributed by atoms with Gasteiger partial charge in [-0.3, -0.25) is 4.98 Å². The fourth-order valence-corrected chi connectivity index (χ4v) is 5.76. The number of likely N-dealkylation sites (N-methyl/N-ethyl adjacent to an activating group) is 1. The van der Waals surface area contributed by atoms with Crippen LogP contribution in [0.3, 0.4) is 0 Å². The molecular weight excluding hydrogens is 479 g/mol. The van der Waals surface area contributed by atoms with Gasteiger partial charge in [0.1, 0.15) is 5.82 Å². The number of hydrogen-bond acceptors (Lipinski definition) is 3. The molecule has 1 N–H and O–H groups in total. The highest BCUT2D eigenvalue weighted by atomic mass is 35.5. The predicted octanol–water partition coefficient (Wildman–Crippen LogP) is 6.99. The van der Waals surface area contributed by atoms with Crippen LogP contribution in [0.25, 0.3) is 5.57 Å². The number of aromatic nitrogens is 1. The fraction of sp³-hybridized carbons (Fsp3) is 0.286. The summed E-state index contributed by atoms with van der Waals surface area (Å²) in [6.45, 7) is 8.28. The molecule has 0 bridgehead atoms. The van der Waals surface area contributed by atoms with E-state index in [9.17, 15) is 4.39 Å². The van der Waals surface area contributed by atoms with Crippen molar-refractivity contribution in [3.63, 3.8) is 0 Å². The quantitative estimate of drug-likeness (QED) is 0.387. The third kappa shape index (κ3) is 3.99. The number of anilines is 2. The maximum Gasteiger partial charge on any atom is 0.174 e. The third-order valence-corrected chi connectivity index (χ3v) is 7.81. The molecule has 2 aliphatic heterocycles. The summed E-state index contributed by atoms with van der Waals surface area (Å²) in [6, 6.07) is 14.6. The van der Waals surface area contributed by atoms with E-state index in [0.29, 0.717) is 15.7 Å². The first-order valence-corrected chi connectivity index (χ1v) is 12.4. The predicted molar refractivity (Wildman–Crippen MR) is 147 cm³/mol. The van der Waals surface area contributed by atoms with Crippen molar-refractivity contribution >= 4 is 45.9 Å². The Balaban J connectivity index is 1.71. The molecule has 3 heterocycles. The summed E-state index contributed by atoms with van der Waals surface area (Å²) in [5.41, 5.74) is 6.49. The monoisotopic (exact) mass is 506 g/mol. The minimum atomic E-state index is -0.270. The van der Waals surface area contributed by atoms with Crippen molar-refractivity contribution in [2.24, 2.45) is 0 Å². The average molecular weight is 507 g/mol. The zero-order valence-corrected chi connectivity index (χ0v) is 22.0. The molecule has 1 aromatic heterocycles. The number of pyridine rings is 1. The molecule has 0 aliphatic carbocycles. The third-order valence-electron chi connectivity index (χ3n) is 7.17. The van der Waals surface area contributed by atoms with Crippen LogP contribution in [0.15, 0.2) is 60.8 Å². The molecule has 0 amide bonds. The Labute approximate surface area is 216 Å². The summed E-state index contributed by atoms with van der Waals surface area (Å²) in [5, 5.41) is 4.67. The van der Waals surface area contributed by atoms with Crippen LogP contribution in [0.5, 0.6) is 0 Å². The molecule has 0 radical (unpaired) electrons. The van der Waals surface area contributed by atoms with Crippen LogP contribution >= 0.6 is 23.8 Å². The Morgan fingerprint density at radius 2 is 1.89 bits per heavy atom. The maximum absolute atomic E-state index is 14.1. The zero-order valence-electron chi connectivity index (χ0n) is 20.4. The topological polar surface area (TPSA) is 31.4 Å². The molecular formula is C28H28ClFN4S. The van der Waals surface area contributed by atoms with Gasteiger partial charge in [-0.1, -0.05) is 23.7 Å². The molecule has 3 aromatic rings. The second kappa shape index (κ2) is 8.61. The SMILES string of the molecule is CC1=CC(C)(C)N(C)c2cc(Cl)c(C3C(c4ccccn4)NC(=S)N3c3ccc(F)c(C)c3)cc21. The molecule has 2 aliphatic rings. The largest absolute Gasteiger partial charge is 0.365 e. The van der Waals surface area contributed by atoms with E-state index < -0.39 is 0 Å². The van der Waals surface area contributed by atoms with E-state index in [1.165, 1.54) is 11.6 Å². The van der Waals surface area contributed by atoms with E-state index in [1.54, 1.807) is 19.2 Å². The van der Waals surface area contributed by atoms with E-state index in [2.05, 4.69) is 61.2 Å². The molecule has 1 fully saturated rings. The number of hydrogen-bond donors (Lipinski definition) is 1. The lowest BCUT2D eigenvalue weighted by molar-refractivity contribution is 0.566. The summed E-state index contributed by atoms with van der Waals surface area (Å²) in [4.78, 5) is 8.90. The van der Waals surface area contributed by atoms with Gasteiger partial charge in [-0.05, 0) is 99.1 Å². The van der Waals surface area contributed by atoms with E-state index in [1.807, 2.05) is 29.2 Å². The van der Waals surface area contributed by atoms with Crippen molar-refractivity contribution in [3.8, 4) is 0 Å². The fourth-order valence-electron chi connectivity index (χ4n) is 5.14. The second-order valence-electron chi connectivity index (χ2n) is 9.86.